The molecular weight excluding hydrogens is 460 g/mol. The summed E-state index contributed by atoms with van der Waals surface area (Å²) >= 11 is 0. The summed E-state index contributed by atoms with van der Waals surface area (Å²) in [7, 11) is 1.56. The van der Waals surface area contributed by atoms with Gasteiger partial charge in [0.1, 0.15) is 17.0 Å². The molecule has 0 radical (unpaired) electrons. The Hall–Kier alpha value is -3.10. The van der Waals surface area contributed by atoms with E-state index in [-0.39, 0.29) is 17.2 Å². The molecule has 0 unspecified atom stereocenters. The number of aliphatic carboxylic acids is 1. The van der Waals surface area contributed by atoms with Crippen LogP contribution in [0.4, 0.5) is 0 Å². The van der Waals surface area contributed by atoms with E-state index in [9.17, 15) is 14.7 Å². The van der Waals surface area contributed by atoms with E-state index in [1.54, 1.807) is 37.5 Å². The van der Waals surface area contributed by atoms with Crippen LogP contribution in [-0.2, 0) is 14.3 Å². The highest BCUT2D eigenvalue weighted by atomic mass is 16.5. The topological polar surface area (TPSA) is 108 Å². The fourth-order valence-corrected chi connectivity index (χ4v) is 5.20. The van der Waals surface area contributed by atoms with Gasteiger partial charge in [-0.25, -0.2) is 4.79 Å². The van der Waals surface area contributed by atoms with Crippen LogP contribution in [-0.4, -0.2) is 71.5 Å². The first-order valence-electron chi connectivity index (χ1n) is 12.7. The molecule has 3 fully saturated rings. The SMILES string of the molecule is COc1cccc(O)c1.O=C(O)C1=CC=C(C2(NC(=O)C3(N4CCCC4)CCOCC3)CC2)C=CC1. The number of aromatic hydroxyl groups is 1. The number of nitrogens with zero attached hydrogens (tertiary/aromatic N) is 1. The van der Waals surface area contributed by atoms with Gasteiger partial charge in [-0.3, -0.25) is 9.69 Å². The molecule has 2 saturated heterocycles. The zero-order valence-electron chi connectivity index (χ0n) is 20.9. The van der Waals surface area contributed by atoms with Gasteiger partial charge in [0.05, 0.1) is 12.6 Å². The maximum absolute atomic E-state index is 13.5. The number of benzene rings is 1. The van der Waals surface area contributed by atoms with Crippen molar-refractivity contribution in [2.75, 3.05) is 33.4 Å². The first kappa shape index (κ1) is 26.0. The second-order valence-electron chi connectivity index (χ2n) is 9.80. The number of phenolic OH excluding ortho intramolecular Hbond substituents is 1. The lowest BCUT2D eigenvalue weighted by molar-refractivity contribution is -0.140. The third kappa shape index (κ3) is 5.82. The third-order valence-electron chi connectivity index (χ3n) is 7.54. The number of rotatable bonds is 6. The minimum atomic E-state index is -0.888. The average Bonchev–Trinajstić information content (AvgIpc) is 3.53. The van der Waals surface area contributed by atoms with Crippen LogP contribution in [0.15, 0.2) is 59.7 Å². The monoisotopic (exact) mass is 496 g/mol. The van der Waals surface area contributed by atoms with E-state index >= 15 is 0 Å². The van der Waals surface area contributed by atoms with E-state index in [2.05, 4.69) is 10.2 Å². The van der Waals surface area contributed by atoms with E-state index in [4.69, 9.17) is 14.6 Å². The highest BCUT2D eigenvalue weighted by Gasteiger charge is 2.52. The molecular formula is C28H36N2O6. The molecule has 0 spiro atoms. The number of allylic oxidation sites excluding steroid dienone is 3. The summed E-state index contributed by atoms with van der Waals surface area (Å²) in [6.45, 7) is 3.22. The van der Waals surface area contributed by atoms with Gasteiger partial charge < -0.3 is 25.0 Å². The van der Waals surface area contributed by atoms with Crippen molar-refractivity contribution in [3.05, 3.63) is 59.7 Å². The number of ether oxygens (including phenoxy) is 2. The molecule has 36 heavy (non-hydrogen) atoms. The highest BCUT2D eigenvalue weighted by Crippen LogP contribution is 2.45. The molecule has 1 aromatic rings. The molecule has 0 aromatic heterocycles. The molecule has 0 atom stereocenters. The normalized spacial score (nSPS) is 22.2. The number of methoxy groups -OCH3 is 1. The number of carboxylic acids is 1. The molecule has 1 aromatic carbocycles. The molecule has 1 amide bonds. The number of amides is 1. The number of carboxylic acid groups (broad SMARTS) is 1. The summed E-state index contributed by atoms with van der Waals surface area (Å²) in [6.07, 6.45) is 13.4. The van der Waals surface area contributed by atoms with E-state index in [1.165, 1.54) is 0 Å². The van der Waals surface area contributed by atoms with Crippen LogP contribution in [0.5, 0.6) is 11.5 Å². The third-order valence-corrected chi connectivity index (χ3v) is 7.54. The van der Waals surface area contributed by atoms with Crippen LogP contribution in [0.1, 0.15) is 44.9 Å². The quantitative estimate of drug-likeness (QED) is 0.552. The minimum Gasteiger partial charge on any atom is -0.508 e. The molecule has 2 heterocycles. The van der Waals surface area contributed by atoms with Crippen molar-refractivity contribution in [2.45, 2.75) is 56.0 Å². The maximum atomic E-state index is 13.5. The summed E-state index contributed by atoms with van der Waals surface area (Å²) in [6, 6.07) is 6.66. The van der Waals surface area contributed by atoms with E-state index in [0.29, 0.717) is 31.0 Å². The predicted molar refractivity (Wildman–Crippen MR) is 136 cm³/mol. The fraction of sp³-hybridized carbons (Fsp3) is 0.500. The number of carbonyl (C=O) groups is 2. The van der Waals surface area contributed by atoms with Gasteiger partial charge in [0.25, 0.3) is 0 Å². The number of carbonyl (C=O) groups excluding carboxylic acids is 1. The number of hydrogen-bond donors (Lipinski definition) is 3. The molecule has 5 rings (SSSR count). The Morgan fingerprint density at radius 1 is 1.08 bits per heavy atom. The van der Waals surface area contributed by atoms with Gasteiger partial charge in [0.2, 0.25) is 5.91 Å². The van der Waals surface area contributed by atoms with Crippen molar-refractivity contribution >= 4 is 11.9 Å². The highest BCUT2D eigenvalue weighted by molar-refractivity contribution is 5.89. The van der Waals surface area contributed by atoms with Crippen LogP contribution < -0.4 is 10.1 Å². The van der Waals surface area contributed by atoms with Crippen molar-refractivity contribution in [3.8, 4) is 11.5 Å². The van der Waals surface area contributed by atoms with Gasteiger partial charge in [0.15, 0.2) is 0 Å². The lowest BCUT2D eigenvalue weighted by atomic mass is 9.86. The first-order chi connectivity index (χ1) is 17.4. The van der Waals surface area contributed by atoms with Gasteiger partial charge in [-0.2, -0.15) is 0 Å². The molecule has 8 nitrogen and oxygen atoms in total. The van der Waals surface area contributed by atoms with Crippen LogP contribution in [0.3, 0.4) is 0 Å². The smallest absolute Gasteiger partial charge is 0.331 e. The molecule has 2 aliphatic heterocycles. The summed E-state index contributed by atoms with van der Waals surface area (Å²) in [5.41, 5.74) is 0.585. The Labute approximate surface area is 212 Å². The van der Waals surface area contributed by atoms with Crippen LogP contribution >= 0.6 is 0 Å². The number of phenols is 1. The van der Waals surface area contributed by atoms with Crippen LogP contribution in [0, 0.1) is 0 Å². The van der Waals surface area contributed by atoms with Crippen molar-refractivity contribution in [2.24, 2.45) is 0 Å². The van der Waals surface area contributed by atoms with Crippen molar-refractivity contribution in [3.63, 3.8) is 0 Å². The second-order valence-corrected chi connectivity index (χ2v) is 9.80. The maximum Gasteiger partial charge on any atom is 0.331 e. The Bertz CT molecular complexity index is 1040. The summed E-state index contributed by atoms with van der Waals surface area (Å²) in [5, 5.41) is 21.4. The molecule has 0 bridgehead atoms. The van der Waals surface area contributed by atoms with Gasteiger partial charge in [-0.15, -0.1) is 0 Å². The van der Waals surface area contributed by atoms with Crippen molar-refractivity contribution in [1.82, 2.24) is 10.2 Å². The summed E-state index contributed by atoms with van der Waals surface area (Å²) in [5.74, 6) is 0.136. The standard InChI is InChI=1S/C21H28N2O4.C7H8O2/c24-18(25)16-4-3-5-17(7-6-16)20(8-9-20)22-19(26)21(10-14-27-15-11-21)23-12-1-2-13-23;1-9-7-4-2-3-6(8)5-7/h3,5-7H,1-2,4,8-15H2,(H,22,26)(H,24,25);2-5,8H,1H3. The zero-order valence-corrected chi connectivity index (χ0v) is 20.9. The van der Waals surface area contributed by atoms with Crippen LogP contribution in [0.25, 0.3) is 0 Å². The Balaban J connectivity index is 0.000000286. The molecule has 194 valence electrons. The summed E-state index contributed by atoms with van der Waals surface area (Å²) < 4.78 is 10.4. The van der Waals surface area contributed by atoms with Gasteiger partial charge >= 0.3 is 5.97 Å². The van der Waals surface area contributed by atoms with E-state index in [0.717, 1.165) is 57.2 Å². The zero-order chi connectivity index (χ0) is 25.6. The van der Waals surface area contributed by atoms with Crippen LogP contribution in [0.2, 0.25) is 0 Å². The van der Waals surface area contributed by atoms with E-state index < -0.39 is 11.5 Å². The van der Waals surface area contributed by atoms with Crippen molar-refractivity contribution in [1.29, 1.82) is 0 Å². The van der Waals surface area contributed by atoms with Crippen molar-refractivity contribution < 1.29 is 29.3 Å². The Morgan fingerprint density at radius 3 is 2.39 bits per heavy atom. The first-order valence-corrected chi connectivity index (χ1v) is 12.7. The van der Waals surface area contributed by atoms with Gasteiger partial charge in [-0.1, -0.05) is 30.4 Å². The largest absolute Gasteiger partial charge is 0.508 e. The second kappa shape index (κ2) is 11.3. The number of likely N-dealkylation sites (tertiary alicyclic amines) is 1. The average molecular weight is 497 g/mol. The Morgan fingerprint density at radius 2 is 1.81 bits per heavy atom. The van der Waals surface area contributed by atoms with E-state index in [1.807, 2.05) is 18.2 Å². The molecule has 2 aliphatic carbocycles. The summed E-state index contributed by atoms with van der Waals surface area (Å²) in [4.78, 5) is 27.1. The van der Waals surface area contributed by atoms with Gasteiger partial charge in [-0.05, 0) is 75.7 Å². The number of nitrogens with one attached hydrogen (secondary N) is 1. The Kier molecular flexibility index (Phi) is 8.16. The molecule has 3 N–H and O–H groups in total. The fourth-order valence-electron chi connectivity index (χ4n) is 5.20. The van der Waals surface area contributed by atoms with Gasteiger partial charge in [0, 0.05) is 24.9 Å². The lowest BCUT2D eigenvalue weighted by Crippen LogP contribution is -2.62. The molecule has 1 saturated carbocycles. The molecule has 4 aliphatic rings. The predicted octanol–water partition coefficient (Wildman–Crippen LogP) is 3.58. The lowest BCUT2D eigenvalue weighted by Gasteiger charge is -2.44. The minimum absolute atomic E-state index is 0.117. The molecule has 8 heteroatoms. The number of hydrogen-bond acceptors (Lipinski definition) is 6.